The van der Waals surface area contributed by atoms with E-state index in [2.05, 4.69) is 5.32 Å². The van der Waals surface area contributed by atoms with Gasteiger partial charge in [-0.2, -0.15) is 0 Å². The summed E-state index contributed by atoms with van der Waals surface area (Å²) in [6.45, 7) is 3.61. The molecule has 5 heteroatoms. The lowest BCUT2D eigenvalue weighted by Crippen LogP contribution is -2.31. The van der Waals surface area contributed by atoms with Crippen LogP contribution in [0, 0.1) is 5.92 Å². The van der Waals surface area contributed by atoms with Gasteiger partial charge in [0.2, 0.25) is 0 Å². The lowest BCUT2D eigenvalue weighted by Gasteiger charge is -2.11. The fourth-order valence-corrected chi connectivity index (χ4v) is 1.92. The van der Waals surface area contributed by atoms with Crippen molar-refractivity contribution in [3.8, 4) is 5.75 Å². The van der Waals surface area contributed by atoms with Gasteiger partial charge in [0, 0.05) is 12.1 Å². The minimum Gasteiger partial charge on any atom is -0.489 e. The zero-order chi connectivity index (χ0) is 15.8. The summed E-state index contributed by atoms with van der Waals surface area (Å²) in [6, 6.07) is 17.1. The lowest BCUT2D eigenvalue weighted by molar-refractivity contribution is 0.0948. The summed E-state index contributed by atoms with van der Waals surface area (Å²) in [5.74, 6) is 0.843. The normalized spacial score (nSPS) is 11.2. The summed E-state index contributed by atoms with van der Waals surface area (Å²) in [5, 5.41) is 2.88. The standard InChI is InChI=1S/C18H22N2O2.ClH/c1-14(11-19)12-20-18(21)16-8-5-9-17(10-16)22-13-15-6-3-2-4-7-15;/h2-10,14H,11-13,19H2,1H3,(H,20,21);1H. The van der Waals surface area contributed by atoms with E-state index in [0.29, 0.717) is 31.0 Å². The molecule has 0 radical (unpaired) electrons. The van der Waals surface area contributed by atoms with Crippen molar-refractivity contribution in [2.45, 2.75) is 13.5 Å². The fraction of sp³-hybridized carbons (Fsp3) is 0.278. The van der Waals surface area contributed by atoms with Crippen LogP contribution in [0.3, 0.4) is 0 Å². The molecule has 2 rings (SSSR count). The molecule has 2 aromatic rings. The van der Waals surface area contributed by atoms with Crippen LogP contribution in [0.15, 0.2) is 54.6 Å². The van der Waals surface area contributed by atoms with E-state index in [-0.39, 0.29) is 24.2 Å². The zero-order valence-electron chi connectivity index (χ0n) is 13.2. The van der Waals surface area contributed by atoms with E-state index in [1.165, 1.54) is 0 Å². The van der Waals surface area contributed by atoms with Crippen LogP contribution in [0.5, 0.6) is 5.75 Å². The molecule has 0 saturated carbocycles. The summed E-state index contributed by atoms with van der Waals surface area (Å²) in [5.41, 5.74) is 7.23. The van der Waals surface area contributed by atoms with E-state index in [1.54, 1.807) is 12.1 Å². The molecule has 23 heavy (non-hydrogen) atoms. The zero-order valence-corrected chi connectivity index (χ0v) is 14.0. The van der Waals surface area contributed by atoms with E-state index in [1.807, 2.05) is 49.4 Å². The second-order valence-corrected chi connectivity index (χ2v) is 5.35. The number of carbonyl (C=O) groups is 1. The number of hydrogen-bond acceptors (Lipinski definition) is 3. The topological polar surface area (TPSA) is 64.3 Å². The Balaban J connectivity index is 0.00000264. The highest BCUT2D eigenvalue weighted by molar-refractivity contribution is 5.94. The predicted molar refractivity (Wildman–Crippen MR) is 95.0 cm³/mol. The van der Waals surface area contributed by atoms with Crippen molar-refractivity contribution >= 4 is 18.3 Å². The minimum atomic E-state index is -0.106. The van der Waals surface area contributed by atoms with E-state index in [4.69, 9.17) is 10.5 Å². The van der Waals surface area contributed by atoms with Gasteiger partial charge in [-0.05, 0) is 36.2 Å². The largest absolute Gasteiger partial charge is 0.489 e. The molecule has 0 saturated heterocycles. The van der Waals surface area contributed by atoms with Crippen LogP contribution in [-0.2, 0) is 6.61 Å². The monoisotopic (exact) mass is 334 g/mol. The molecule has 0 aliphatic rings. The molecule has 1 atom stereocenters. The SMILES string of the molecule is CC(CN)CNC(=O)c1cccc(OCc2ccccc2)c1.Cl. The van der Waals surface area contributed by atoms with Crippen LogP contribution in [-0.4, -0.2) is 19.0 Å². The van der Waals surface area contributed by atoms with Crippen LogP contribution in [0.1, 0.15) is 22.8 Å². The molecule has 0 heterocycles. The highest BCUT2D eigenvalue weighted by Gasteiger charge is 2.08. The van der Waals surface area contributed by atoms with Gasteiger partial charge in [0.1, 0.15) is 12.4 Å². The summed E-state index contributed by atoms with van der Waals surface area (Å²) >= 11 is 0. The molecule has 4 nitrogen and oxygen atoms in total. The maximum atomic E-state index is 12.1. The minimum absolute atomic E-state index is 0. The molecule has 2 aromatic carbocycles. The maximum Gasteiger partial charge on any atom is 0.251 e. The Morgan fingerprint density at radius 3 is 2.61 bits per heavy atom. The first-order valence-corrected chi connectivity index (χ1v) is 7.44. The molecule has 0 aliphatic heterocycles. The molecular formula is C18H23ClN2O2. The van der Waals surface area contributed by atoms with Gasteiger partial charge in [-0.25, -0.2) is 0 Å². The van der Waals surface area contributed by atoms with Crippen molar-refractivity contribution in [1.82, 2.24) is 5.32 Å². The Morgan fingerprint density at radius 2 is 1.91 bits per heavy atom. The average molecular weight is 335 g/mol. The second-order valence-electron chi connectivity index (χ2n) is 5.35. The van der Waals surface area contributed by atoms with Crippen molar-refractivity contribution in [3.63, 3.8) is 0 Å². The summed E-state index contributed by atoms with van der Waals surface area (Å²) in [6.07, 6.45) is 0. The Bertz CT molecular complexity index is 605. The third-order valence-corrected chi connectivity index (χ3v) is 3.36. The molecule has 0 aromatic heterocycles. The van der Waals surface area contributed by atoms with Gasteiger partial charge in [-0.15, -0.1) is 12.4 Å². The predicted octanol–water partition coefficient (Wildman–Crippen LogP) is 3.01. The molecule has 3 N–H and O–H groups in total. The second kappa shape index (κ2) is 9.87. The van der Waals surface area contributed by atoms with Crippen LogP contribution in [0.2, 0.25) is 0 Å². The first kappa shape index (κ1) is 19.0. The molecule has 0 aliphatic carbocycles. The Hall–Kier alpha value is -2.04. The highest BCUT2D eigenvalue weighted by Crippen LogP contribution is 2.15. The number of amides is 1. The molecule has 0 bridgehead atoms. The quantitative estimate of drug-likeness (QED) is 0.818. The van der Waals surface area contributed by atoms with Crippen LogP contribution < -0.4 is 15.8 Å². The number of hydrogen-bond donors (Lipinski definition) is 2. The number of nitrogens with one attached hydrogen (secondary N) is 1. The Labute approximate surface area is 143 Å². The van der Waals surface area contributed by atoms with Gasteiger partial charge in [-0.1, -0.05) is 43.3 Å². The van der Waals surface area contributed by atoms with Gasteiger partial charge in [0.25, 0.3) is 5.91 Å². The third-order valence-electron chi connectivity index (χ3n) is 3.36. The van der Waals surface area contributed by atoms with Gasteiger partial charge in [0.15, 0.2) is 0 Å². The van der Waals surface area contributed by atoms with Gasteiger partial charge >= 0.3 is 0 Å². The Kier molecular flexibility index (Phi) is 8.16. The highest BCUT2D eigenvalue weighted by atomic mass is 35.5. The molecule has 1 unspecified atom stereocenters. The molecule has 124 valence electrons. The summed E-state index contributed by atoms with van der Waals surface area (Å²) in [7, 11) is 0. The number of ether oxygens (including phenoxy) is 1. The van der Waals surface area contributed by atoms with Gasteiger partial charge < -0.3 is 15.8 Å². The van der Waals surface area contributed by atoms with Gasteiger partial charge in [-0.3, -0.25) is 4.79 Å². The molecule has 1 amide bonds. The third kappa shape index (κ3) is 6.30. The number of rotatable bonds is 7. The van der Waals surface area contributed by atoms with Crippen LogP contribution in [0.4, 0.5) is 0 Å². The number of nitrogens with two attached hydrogens (primary N) is 1. The van der Waals surface area contributed by atoms with E-state index < -0.39 is 0 Å². The molecule has 0 fully saturated rings. The number of carbonyl (C=O) groups excluding carboxylic acids is 1. The van der Waals surface area contributed by atoms with Crippen molar-refractivity contribution in [1.29, 1.82) is 0 Å². The molecular weight excluding hydrogens is 312 g/mol. The van der Waals surface area contributed by atoms with Crippen LogP contribution >= 0.6 is 12.4 Å². The van der Waals surface area contributed by atoms with E-state index in [0.717, 1.165) is 5.56 Å². The lowest BCUT2D eigenvalue weighted by atomic mass is 10.1. The number of halogens is 1. The molecule has 0 spiro atoms. The van der Waals surface area contributed by atoms with E-state index in [9.17, 15) is 4.79 Å². The number of benzene rings is 2. The first-order chi connectivity index (χ1) is 10.7. The smallest absolute Gasteiger partial charge is 0.251 e. The van der Waals surface area contributed by atoms with Crippen molar-refractivity contribution in [2.75, 3.05) is 13.1 Å². The van der Waals surface area contributed by atoms with E-state index >= 15 is 0 Å². The fourth-order valence-electron chi connectivity index (χ4n) is 1.92. The first-order valence-electron chi connectivity index (χ1n) is 7.44. The Morgan fingerprint density at radius 1 is 1.17 bits per heavy atom. The van der Waals surface area contributed by atoms with Crippen molar-refractivity contribution in [3.05, 3.63) is 65.7 Å². The average Bonchev–Trinajstić information content (AvgIpc) is 2.58. The van der Waals surface area contributed by atoms with Crippen molar-refractivity contribution < 1.29 is 9.53 Å². The van der Waals surface area contributed by atoms with Crippen LogP contribution in [0.25, 0.3) is 0 Å². The summed E-state index contributed by atoms with van der Waals surface area (Å²) < 4.78 is 5.73. The van der Waals surface area contributed by atoms with Gasteiger partial charge in [0.05, 0.1) is 0 Å². The maximum absolute atomic E-state index is 12.1. The van der Waals surface area contributed by atoms with Crippen molar-refractivity contribution in [2.24, 2.45) is 11.7 Å². The summed E-state index contributed by atoms with van der Waals surface area (Å²) in [4.78, 5) is 12.1.